The summed E-state index contributed by atoms with van der Waals surface area (Å²) in [5.74, 6) is 1.05. The van der Waals surface area contributed by atoms with Gasteiger partial charge in [0.2, 0.25) is 23.4 Å². The van der Waals surface area contributed by atoms with Crippen molar-refractivity contribution in [3.05, 3.63) is 59.7 Å². The third kappa shape index (κ3) is 5.20. The summed E-state index contributed by atoms with van der Waals surface area (Å²) < 4.78 is 5.18. The lowest BCUT2D eigenvalue weighted by atomic mass is 10.0. The number of carbonyl (C=O) groups excluding carboxylic acids is 1. The number of nitrogens with one attached hydrogen (secondary N) is 1. The van der Waals surface area contributed by atoms with Gasteiger partial charge < -0.3 is 14.7 Å². The fraction of sp³-hybridized carbons (Fsp3) is 0.350. The quantitative estimate of drug-likeness (QED) is 0.640. The molecule has 0 bridgehead atoms. The van der Waals surface area contributed by atoms with Crippen LogP contribution in [0, 0.1) is 6.92 Å². The van der Waals surface area contributed by atoms with E-state index in [9.17, 15) is 4.79 Å². The molecule has 0 aliphatic carbocycles. The van der Waals surface area contributed by atoms with Crippen LogP contribution in [0.2, 0.25) is 0 Å². The summed E-state index contributed by atoms with van der Waals surface area (Å²) in [6, 6.07) is 10.2. The van der Waals surface area contributed by atoms with Gasteiger partial charge in [-0.2, -0.15) is 4.98 Å². The lowest BCUT2D eigenvalue weighted by Gasteiger charge is -2.25. The maximum Gasteiger partial charge on any atom is 0.240 e. The molecule has 28 heavy (non-hydrogen) atoms. The summed E-state index contributed by atoms with van der Waals surface area (Å²) in [6.07, 6.45) is 3.86. The predicted molar refractivity (Wildman–Crippen MR) is 104 cm³/mol. The van der Waals surface area contributed by atoms with Gasteiger partial charge >= 0.3 is 0 Å². The summed E-state index contributed by atoms with van der Waals surface area (Å²) in [5.41, 5.74) is 2.38. The number of hydrogen-bond acceptors (Lipinski definition) is 7. The predicted octanol–water partition coefficient (Wildman–Crippen LogP) is 2.19. The minimum atomic E-state index is -0.0605. The highest BCUT2D eigenvalue weighted by molar-refractivity contribution is 5.76. The van der Waals surface area contributed by atoms with E-state index >= 15 is 0 Å². The van der Waals surface area contributed by atoms with Crippen molar-refractivity contribution in [2.24, 2.45) is 0 Å². The van der Waals surface area contributed by atoms with Crippen molar-refractivity contribution in [2.45, 2.75) is 25.8 Å². The molecule has 1 aromatic carbocycles. The monoisotopic (exact) mass is 380 g/mol. The molecule has 0 fully saturated rings. The Hall–Kier alpha value is -3.13. The molecular weight excluding hydrogens is 356 g/mol. The molecule has 0 saturated heterocycles. The minimum Gasteiger partial charge on any atom is -0.354 e. The van der Waals surface area contributed by atoms with Crippen molar-refractivity contribution in [1.82, 2.24) is 30.3 Å². The number of aromatic nitrogens is 4. The number of aryl methyl sites for hydroxylation is 2. The maximum absolute atomic E-state index is 12.3. The van der Waals surface area contributed by atoms with E-state index in [0.717, 1.165) is 0 Å². The van der Waals surface area contributed by atoms with Crippen molar-refractivity contribution in [3.8, 4) is 11.6 Å². The van der Waals surface area contributed by atoms with Gasteiger partial charge in [-0.15, -0.1) is 0 Å². The first-order valence-electron chi connectivity index (χ1n) is 9.12. The largest absolute Gasteiger partial charge is 0.354 e. The zero-order chi connectivity index (χ0) is 19.9. The van der Waals surface area contributed by atoms with Crippen LogP contribution in [-0.4, -0.2) is 51.6 Å². The lowest BCUT2D eigenvalue weighted by Crippen LogP contribution is -2.34. The van der Waals surface area contributed by atoms with Gasteiger partial charge in [0.15, 0.2) is 0 Å². The summed E-state index contributed by atoms with van der Waals surface area (Å²) in [5, 5.41) is 6.85. The molecule has 0 radical (unpaired) electrons. The third-order valence-corrected chi connectivity index (χ3v) is 4.38. The molecule has 8 nitrogen and oxygen atoms in total. The molecule has 1 unspecified atom stereocenters. The van der Waals surface area contributed by atoms with Crippen LogP contribution in [0.3, 0.4) is 0 Å². The van der Waals surface area contributed by atoms with Gasteiger partial charge in [-0.3, -0.25) is 4.79 Å². The highest BCUT2D eigenvalue weighted by atomic mass is 16.5. The van der Waals surface area contributed by atoms with Gasteiger partial charge in [0, 0.05) is 31.8 Å². The molecule has 1 atom stereocenters. The summed E-state index contributed by atoms with van der Waals surface area (Å²) in [4.78, 5) is 26.7. The van der Waals surface area contributed by atoms with Crippen molar-refractivity contribution in [2.75, 3.05) is 20.6 Å². The van der Waals surface area contributed by atoms with Crippen LogP contribution in [0.25, 0.3) is 11.6 Å². The molecule has 0 aliphatic heterocycles. The Balaban J connectivity index is 1.51. The maximum atomic E-state index is 12.3. The Morgan fingerprint density at radius 2 is 1.86 bits per heavy atom. The van der Waals surface area contributed by atoms with Crippen LogP contribution < -0.4 is 5.32 Å². The molecule has 2 heterocycles. The lowest BCUT2D eigenvalue weighted by molar-refractivity contribution is -0.121. The Morgan fingerprint density at radius 1 is 1.14 bits per heavy atom. The zero-order valence-electron chi connectivity index (χ0n) is 16.3. The van der Waals surface area contributed by atoms with Gasteiger partial charge in [0.25, 0.3) is 0 Å². The summed E-state index contributed by atoms with van der Waals surface area (Å²) in [6.45, 7) is 2.59. The van der Waals surface area contributed by atoms with E-state index in [1.165, 1.54) is 11.1 Å². The highest BCUT2D eigenvalue weighted by Gasteiger charge is 2.16. The third-order valence-electron chi connectivity index (χ3n) is 4.38. The van der Waals surface area contributed by atoms with E-state index in [-0.39, 0.29) is 18.4 Å². The van der Waals surface area contributed by atoms with Gasteiger partial charge in [0.1, 0.15) is 0 Å². The first-order chi connectivity index (χ1) is 13.5. The second-order valence-corrected chi connectivity index (χ2v) is 6.78. The topological polar surface area (TPSA) is 97.0 Å². The first kappa shape index (κ1) is 19.6. The van der Waals surface area contributed by atoms with Crippen LogP contribution in [0.1, 0.15) is 29.5 Å². The van der Waals surface area contributed by atoms with E-state index in [1.807, 2.05) is 14.1 Å². The highest BCUT2D eigenvalue weighted by Crippen LogP contribution is 2.18. The fourth-order valence-electron chi connectivity index (χ4n) is 2.77. The van der Waals surface area contributed by atoms with Gasteiger partial charge in [-0.25, -0.2) is 9.97 Å². The number of likely N-dealkylation sites (N-methyl/N-ethyl adjacent to an activating group) is 1. The molecule has 1 N–H and O–H groups in total. The molecule has 3 aromatic rings. The van der Waals surface area contributed by atoms with Crippen molar-refractivity contribution in [1.29, 1.82) is 0 Å². The standard InChI is InChI=1S/C20H24N6O2/c1-14-5-7-15(8-6-14)16(26(2)3)13-23-17(27)9-10-18-24-20(25-28-18)19-21-11-4-12-22-19/h4-8,11-12,16H,9-10,13H2,1-3H3,(H,23,27). The molecule has 3 rings (SSSR count). The molecule has 0 saturated carbocycles. The SMILES string of the molecule is Cc1ccc(C(CNC(=O)CCc2nc(-c3ncccn3)no2)N(C)C)cc1. The van der Waals surface area contributed by atoms with E-state index in [0.29, 0.717) is 30.5 Å². The normalized spacial score (nSPS) is 12.1. The molecule has 146 valence electrons. The second kappa shape index (κ2) is 9.18. The molecule has 1 amide bonds. The van der Waals surface area contributed by atoms with Crippen molar-refractivity contribution in [3.63, 3.8) is 0 Å². The van der Waals surface area contributed by atoms with Crippen LogP contribution in [0.5, 0.6) is 0 Å². The number of nitrogens with zero attached hydrogens (tertiary/aromatic N) is 5. The summed E-state index contributed by atoms with van der Waals surface area (Å²) >= 11 is 0. The van der Waals surface area contributed by atoms with Crippen LogP contribution in [-0.2, 0) is 11.2 Å². The Labute approximate surface area is 164 Å². The zero-order valence-corrected chi connectivity index (χ0v) is 16.3. The fourth-order valence-corrected chi connectivity index (χ4v) is 2.77. The first-order valence-corrected chi connectivity index (χ1v) is 9.12. The average molecular weight is 380 g/mol. The number of amides is 1. The van der Waals surface area contributed by atoms with E-state index in [4.69, 9.17) is 4.52 Å². The van der Waals surface area contributed by atoms with Crippen LogP contribution >= 0.6 is 0 Å². The summed E-state index contributed by atoms with van der Waals surface area (Å²) in [7, 11) is 4.00. The van der Waals surface area contributed by atoms with Crippen molar-refractivity contribution < 1.29 is 9.32 Å². The smallest absolute Gasteiger partial charge is 0.240 e. The van der Waals surface area contributed by atoms with Crippen LogP contribution in [0.15, 0.2) is 47.2 Å². The Bertz CT molecular complexity index is 893. The number of rotatable bonds is 8. The van der Waals surface area contributed by atoms with Gasteiger partial charge in [-0.1, -0.05) is 35.0 Å². The number of hydrogen-bond donors (Lipinski definition) is 1. The number of carbonyl (C=O) groups is 1. The number of benzene rings is 1. The second-order valence-electron chi connectivity index (χ2n) is 6.78. The van der Waals surface area contributed by atoms with Gasteiger partial charge in [-0.05, 0) is 32.6 Å². The molecular formula is C20H24N6O2. The molecule has 2 aromatic heterocycles. The molecule has 0 spiro atoms. The minimum absolute atomic E-state index is 0.0605. The van der Waals surface area contributed by atoms with E-state index < -0.39 is 0 Å². The Kier molecular flexibility index (Phi) is 6.44. The average Bonchev–Trinajstić information content (AvgIpc) is 3.17. The molecule has 0 aliphatic rings. The van der Waals surface area contributed by atoms with Crippen molar-refractivity contribution >= 4 is 5.91 Å². The Morgan fingerprint density at radius 3 is 2.54 bits per heavy atom. The van der Waals surface area contributed by atoms with E-state index in [2.05, 4.69) is 61.5 Å². The van der Waals surface area contributed by atoms with Gasteiger partial charge in [0.05, 0.1) is 6.04 Å². The van der Waals surface area contributed by atoms with E-state index in [1.54, 1.807) is 18.5 Å². The molecule has 8 heteroatoms. The van der Waals surface area contributed by atoms with Crippen LogP contribution in [0.4, 0.5) is 0 Å².